The molecular formula is C22H19BrN2O5. The highest BCUT2D eigenvalue weighted by Crippen LogP contribution is 2.34. The van der Waals surface area contributed by atoms with E-state index in [1.165, 1.54) is 6.26 Å². The van der Waals surface area contributed by atoms with Crippen LogP contribution in [0.4, 0.5) is 5.69 Å². The topological polar surface area (TPSA) is 89.8 Å². The smallest absolute Gasteiger partial charge is 0.291 e. The SMILES string of the molecule is O=C(COc1cccc(NC(=O)c2ccco2)c1)NC1CCOc2ccc(Br)cc21. The maximum Gasteiger partial charge on any atom is 0.291 e. The number of hydrogen-bond donors (Lipinski definition) is 2. The van der Waals surface area contributed by atoms with Crippen molar-refractivity contribution in [2.24, 2.45) is 0 Å². The predicted octanol–water partition coefficient (Wildman–Crippen LogP) is 4.31. The lowest BCUT2D eigenvalue weighted by molar-refractivity contribution is -0.124. The summed E-state index contributed by atoms with van der Waals surface area (Å²) < 4.78 is 17.3. The van der Waals surface area contributed by atoms with Gasteiger partial charge in [-0.05, 0) is 42.5 Å². The molecule has 2 amide bonds. The highest BCUT2D eigenvalue weighted by atomic mass is 79.9. The Balaban J connectivity index is 1.34. The fourth-order valence-corrected chi connectivity index (χ4v) is 3.54. The molecule has 2 aromatic carbocycles. The van der Waals surface area contributed by atoms with Gasteiger partial charge in [0.15, 0.2) is 12.4 Å². The van der Waals surface area contributed by atoms with Gasteiger partial charge in [-0.15, -0.1) is 0 Å². The average Bonchev–Trinajstić information content (AvgIpc) is 3.28. The molecule has 1 aliphatic heterocycles. The van der Waals surface area contributed by atoms with E-state index in [1.807, 2.05) is 18.2 Å². The highest BCUT2D eigenvalue weighted by molar-refractivity contribution is 9.10. The number of amides is 2. The Bertz CT molecular complexity index is 1050. The summed E-state index contributed by atoms with van der Waals surface area (Å²) in [6, 6.07) is 15.6. The monoisotopic (exact) mass is 470 g/mol. The van der Waals surface area contributed by atoms with Gasteiger partial charge in [-0.25, -0.2) is 0 Å². The van der Waals surface area contributed by atoms with Crippen molar-refractivity contribution in [3.8, 4) is 11.5 Å². The summed E-state index contributed by atoms with van der Waals surface area (Å²) >= 11 is 3.45. The van der Waals surface area contributed by atoms with Crippen LogP contribution < -0.4 is 20.1 Å². The molecule has 1 aliphatic rings. The van der Waals surface area contributed by atoms with Crippen LogP contribution in [0.25, 0.3) is 0 Å². The van der Waals surface area contributed by atoms with Gasteiger partial charge in [0.2, 0.25) is 0 Å². The Hall–Kier alpha value is -3.26. The van der Waals surface area contributed by atoms with Crippen molar-refractivity contribution in [3.05, 3.63) is 76.7 Å². The molecule has 2 heterocycles. The molecule has 1 atom stereocenters. The molecule has 0 saturated carbocycles. The first kappa shape index (κ1) is 20.0. The summed E-state index contributed by atoms with van der Waals surface area (Å²) in [6.45, 7) is 0.397. The Morgan fingerprint density at radius 2 is 2.03 bits per heavy atom. The minimum atomic E-state index is -0.362. The number of furan rings is 1. The van der Waals surface area contributed by atoms with Crippen LogP contribution in [-0.4, -0.2) is 25.0 Å². The van der Waals surface area contributed by atoms with E-state index in [9.17, 15) is 9.59 Å². The minimum absolute atomic E-state index is 0.138. The molecule has 3 aromatic rings. The van der Waals surface area contributed by atoms with E-state index in [4.69, 9.17) is 13.9 Å². The number of fused-ring (bicyclic) bond motifs is 1. The van der Waals surface area contributed by atoms with Gasteiger partial charge in [-0.1, -0.05) is 22.0 Å². The molecule has 2 N–H and O–H groups in total. The largest absolute Gasteiger partial charge is 0.493 e. The molecule has 0 bridgehead atoms. The van der Waals surface area contributed by atoms with E-state index < -0.39 is 0 Å². The van der Waals surface area contributed by atoms with Crippen LogP contribution in [0.5, 0.6) is 11.5 Å². The Morgan fingerprint density at radius 3 is 2.87 bits per heavy atom. The van der Waals surface area contributed by atoms with E-state index in [-0.39, 0.29) is 30.2 Å². The maximum absolute atomic E-state index is 12.4. The molecule has 0 radical (unpaired) electrons. The minimum Gasteiger partial charge on any atom is -0.493 e. The van der Waals surface area contributed by atoms with Crippen LogP contribution in [0.15, 0.2) is 69.8 Å². The number of carbonyl (C=O) groups excluding carboxylic acids is 2. The second kappa shape index (κ2) is 9.04. The van der Waals surface area contributed by atoms with E-state index in [2.05, 4.69) is 26.6 Å². The van der Waals surface area contributed by atoms with Gasteiger partial charge >= 0.3 is 0 Å². The first-order valence-electron chi connectivity index (χ1n) is 9.38. The van der Waals surface area contributed by atoms with Crippen LogP contribution >= 0.6 is 15.9 Å². The van der Waals surface area contributed by atoms with Gasteiger partial charge in [0.05, 0.1) is 18.9 Å². The molecule has 0 aliphatic carbocycles. The van der Waals surface area contributed by atoms with Crippen molar-refractivity contribution in [3.63, 3.8) is 0 Å². The first-order chi connectivity index (χ1) is 14.6. The molecule has 4 rings (SSSR count). The first-order valence-corrected chi connectivity index (χ1v) is 10.2. The second-order valence-electron chi connectivity index (χ2n) is 6.69. The molecular weight excluding hydrogens is 452 g/mol. The van der Waals surface area contributed by atoms with Crippen LogP contribution in [0.2, 0.25) is 0 Å². The van der Waals surface area contributed by atoms with Gasteiger partial charge in [0.1, 0.15) is 11.5 Å². The molecule has 0 spiro atoms. The Kier molecular flexibility index (Phi) is 6.04. The second-order valence-corrected chi connectivity index (χ2v) is 7.60. The number of halogens is 1. The Morgan fingerprint density at radius 1 is 1.13 bits per heavy atom. The van der Waals surface area contributed by atoms with Crippen LogP contribution in [0, 0.1) is 0 Å². The summed E-state index contributed by atoms with van der Waals surface area (Å²) in [4.78, 5) is 24.5. The molecule has 30 heavy (non-hydrogen) atoms. The van der Waals surface area contributed by atoms with Crippen LogP contribution in [0.1, 0.15) is 28.6 Å². The van der Waals surface area contributed by atoms with Crippen molar-refractivity contribution in [2.75, 3.05) is 18.5 Å². The standard InChI is InChI=1S/C22H19BrN2O5/c23-14-6-7-19-17(11-14)18(8-10-29-19)25-21(26)13-30-16-4-1-3-15(12-16)24-22(27)20-5-2-9-28-20/h1-7,9,11-12,18H,8,10,13H2,(H,24,27)(H,25,26). The molecule has 0 fully saturated rings. The zero-order valence-corrected chi connectivity index (χ0v) is 17.5. The van der Waals surface area contributed by atoms with Crippen LogP contribution in [-0.2, 0) is 4.79 Å². The number of benzene rings is 2. The van der Waals surface area contributed by atoms with E-state index >= 15 is 0 Å². The molecule has 1 aromatic heterocycles. The van der Waals surface area contributed by atoms with Crippen molar-refractivity contribution < 1.29 is 23.5 Å². The predicted molar refractivity (Wildman–Crippen MR) is 114 cm³/mol. The number of anilines is 1. The number of rotatable bonds is 6. The van der Waals surface area contributed by atoms with Gasteiger partial charge in [-0.2, -0.15) is 0 Å². The summed E-state index contributed by atoms with van der Waals surface area (Å²) in [6.07, 6.45) is 2.12. The zero-order valence-electron chi connectivity index (χ0n) is 15.9. The van der Waals surface area contributed by atoms with E-state index in [1.54, 1.807) is 36.4 Å². The van der Waals surface area contributed by atoms with Crippen molar-refractivity contribution in [1.29, 1.82) is 0 Å². The van der Waals surface area contributed by atoms with Crippen molar-refractivity contribution >= 4 is 33.4 Å². The molecule has 7 nitrogen and oxygen atoms in total. The fraction of sp³-hybridized carbons (Fsp3) is 0.182. The lowest BCUT2D eigenvalue weighted by Crippen LogP contribution is -2.35. The fourth-order valence-electron chi connectivity index (χ4n) is 3.16. The normalized spacial score (nSPS) is 14.9. The van der Waals surface area contributed by atoms with Gasteiger partial charge in [-0.3, -0.25) is 9.59 Å². The quantitative estimate of drug-likeness (QED) is 0.559. The van der Waals surface area contributed by atoms with Crippen molar-refractivity contribution in [2.45, 2.75) is 12.5 Å². The average molecular weight is 471 g/mol. The third kappa shape index (κ3) is 4.83. The summed E-state index contributed by atoms with van der Waals surface area (Å²) in [7, 11) is 0. The lowest BCUT2D eigenvalue weighted by Gasteiger charge is -2.27. The molecule has 1 unspecified atom stereocenters. The zero-order chi connectivity index (χ0) is 20.9. The summed E-state index contributed by atoms with van der Waals surface area (Å²) in [5.74, 6) is 0.856. The molecule has 0 saturated heterocycles. The van der Waals surface area contributed by atoms with Crippen molar-refractivity contribution in [1.82, 2.24) is 5.32 Å². The highest BCUT2D eigenvalue weighted by Gasteiger charge is 2.23. The number of nitrogens with one attached hydrogen (secondary N) is 2. The maximum atomic E-state index is 12.4. The molecule has 8 heteroatoms. The number of hydrogen-bond acceptors (Lipinski definition) is 5. The third-order valence-electron chi connectivity index (χ3n) is 4.55. The Labute approximate surface area is 181 Å². The number of carbonyl (C=O) groups is 2. The van der Waals surface area contributed by atoms with Gasteiger partial charge in [0.25, 0.3) is 11.8 Å². The van der Waals surface area contributed by atoms with Gasteiger partial charge < -0.3 is 24.5 Å². The van der Waals surface area contributed by atoms with Gasteiger partial charge in [0, 0.05) is 28.2 Å². The van der Waals surface area contributed by atoms with Crippen LogP contribution in [0.3, 0.4) is 0 Å². The third-order valence-corrected chi connectivity index (χ3v) is 5.05. The molecule has 154 valence electrons. The van der Waals surface area contributed by atoms with E-state index in [0.717, 1.165) is 15.8 Å². The van der Waals surface area contributed by atoms with E-state index in [0.29, 0.717) is 24.5 Å². The summed E-state index contributed by atoms with van der Waals surface area (Å²) in [5.41, 5.74) is 1.48. The lowest BCUT2D eigenvalue weighted by atomic mass is 10.0. The summed E-state index contributed by atoms with van der Waals surface area (Å²) in [5, 5.41) is 5.71. The number of ether oxygens (including phenoxy) is 2.